The molecule has 5 rings (SSSR count). The van der Waals surface area contributed by atoms with Crippen molar-refractivity contribution < 1.29 is 34.3 Å². The number of carboxylic acid groups (broad SMARTS) is 1. The van der Waals surface area contributed by atoms with E-state index in [4.69, 9.17) is 9.76 Å². The summed E-state index contributed by atoms with van der Waals surface area (Å²) in [5.74, 6) is -2.18. The van der Waals surface area contributed by atoms with E-state index in [2.05, 4.69) is 11.9 Å². The minimum absolute atomic E-state index is 0.0777. The van der Waals surface area contributed by atoms with E-state index < -0.39 is 31.0 Å². The first-order valence-corrected chi connectivity index (χ1v) is 15.8. The van der Waals surface area contributed by atoms with Crippen molar-refractivity contribution in [1.82, 2.24) is 9.88 Å². The van der Waals surface area contributed by atoms with E-state index in [-0.39, 0.29) is 36.2 Å². The van der Waals surface area contributed by atoms with Gasteiger partial charge in [0.15, 0.2) is 0 Å². The lowest BCUT2D eigenvalue weighted by atomic mass is 9.58. The number of benzene rings is 1. The van der Waals surface area contributed by atoms with Crippen molar-refractivity contribution in [2.45, 2.75) is 77.1 Å². The van der Waals surface area contributed by atoms with Crippen LogP contribution in [-0.2, 0) is 19.0 Å². The minimum Gasteiger partial charge on any atom is -0.508 e. The van der Waals surface area contributed by atoms with Crippen LogP contribution in [0, 0.1) is 17.8 Å². The lowest BCUT2D eigenvalue weighted by Gasteiger charge is -2.43. The SMILES string of the molecule is CCCC1=C2[C@@H](CC/C(=C/c3ccc(O)cc3)c3ccccn3)OB(O)C[C@@H]2[C@@H]2C(=O)N(CCCCCC(=O)O)C(=O)[C@@H]2C1. The Morgan fingerprint density at radius 2 is 1.86 bits per heavy atom. The molecule has 9 nitrogen and oxygen atoms in total. The highest BCUT2D eigenvalue weighted by Gasteiger charge is 2.56. The molecule has 3 heterocycles. The molecule has 1 aromatic heterocycles. The predicted octanol–water partition coefficient (Wildman–Crippen LogP) is 5.35. The summed E-state index contributed by atoms with van der Waals surface area (Å²) < 4.78 is 6.19. The second kappa shape index (κ2) is 14.4. The zero-order chi connectivity index (χ0) is 31.2. The number of imide groups is 1. The third-order valence-electron chi connectivity index (χ3n) is 9.13. The number of nitrogens with zero attached hydrogens (tertiary/aromatic N) is 2. The van der Waals surface area contributed by atoms with Gasteiger partial charge in [-0.1, -0.05) is 43.5 Å². The number of aromatic hydroxyl groups is 1. The number of pyridine rings is 1. The van der Waals surface area contributed by atoms with Crippen LogP contribution in [0.25, 0.3) is 11.6 Å². The lowest BCUT2D eigenvalue weighted by Crippen LogP contribution is -2.46. The monoisotopic (exact) mass is 600 g/mol. The van der Waals surface area contributed by atoms with Crippen molar-refractivity contribution >= 4 is 36.6 Å². The van der Waals surface area contributed by atoms with Gasteiger partial charge in [0, 0.05) is 19.2 Å². The highest BCUT2D eigenvalue weighted by molar-refractivity contribution is 6.43. The summed E-state index contributed by atoms with van der Waals surface area (Å²) >= 11 is 0. The maximum Gasteiger partial charge on any atom is 0.455 e. The molecule has 232 valence electrons. The zero-order valence-corrected chi connectivity index (χ0v) is 25.2. The fourth-order valence-corrected chi connectivity index (χ4v) is 7.20. The number of hydrogen-bond donors (Lipinski definition) is 3. The third kappa shape index (κ3) is 7.13. The Hall–Kier alpha value is -3.76. The number of hydrogen-bond acceptors (Lipinski definition) is 7. The Morgan fingerprint density at radius 1 is 1.07 bits per heavy atom. The first-order chi connectivity index (χ1) is 21.3. The van der Waals surface area contributed by atoms with Crippen LogP contribution in [0.4, 0.5) is 0 Å². The van der Waals surface area contributed by atoms with Gasteiger partial charge in [0.2, 0.25) is 11.8 Å². The Bertz CT molecular complexity index is 1410. The Kier molecular flexibility index (Phi) is 10.3. The predicted molar refractivity (Wildman–Crippen MR) is 167 cm³/mol. The van der Waals surface area contributed by atoms with Gasteiger partial charge in [-0.15, -0.1) is 0 Å². The van der Waals surface area contributed by atoms with Gasteiger partial charge >= 0.3 is 13.1 Å². The van der Waals surface area contributed by atoms with E-state index in [9.17, 15) is 24.5 Å². The average molecular weight is 601 g/mol. The van der Waals surface area contributed by atoms with Crippen molar-refractivity contribution in [3.63, 3.8) is 0 Å². The van der Waals surface area contributed by atoms with Crippen molar-refractivity contribution in [1.29, 1.82) is 0 Å². The van der Waals surface area contributed by atoms with Crippen molar-refractivity contribution in [2.75, 3.05) is 6.54 Å². The number of likely N-dealkylation sites (tertiary alicyclic amines) is 1. The summed E-state index contributed by atoms with van der Waals surface area (Å²) in [5.41, 5.74) is 4.99. The lowest BCUT2D eigenvalue weighted by molar-refractivity contribution is -0.141. The number of phenols is 1. The second-order valence-corrected chi connectivity index (χ2v) is 12.1. The molecular formula is C34H41BN2O7. The molecule has 0 unspecified atom stereocenters. The highest BCUT2D eigenvalue weighted by Crippen LogP contribution is 2.51. The summed E-state index contributed by atoms with van der Waals surface area (Å²) in [4.78, 5) is 44.1. The smallest absolute Gasteiger partial charge is 0.455 e. The molecule has 1 aliphatic carbocycles. The number of carbonyl (C=O) groups is 3. The largest absolute Gasteiger partial charge is 0.508 e. The Labute approximate surface area is 258 Å². The standard InChI is InChI=1S/C34H41BN2O7/c1-2-8-24-20-26-32(34(42)37(33(26)41)18-7-3-4-10-30(39)40)27-21-35(43)44-29(31(24)27)16-13-23(28-9-5-6-17-36-28)19-22-11-14-25(38)15-12-22/h5-6,9,11-12,14-15,17,19,26-27,29,32,38,43H,2-4,7-8,10,13,16,18,20-21H2,1H3,(H,39,40)/b23-19-/t26-,27+,29-,32-/m1/s1. The van der Waals surface area contributed by atoms with E-state index in [1.807, 2.05) is 36.4 Å². The maximum absolute atomic E-state index is 13.8. The summed E-state index contributed by atoms with van der Waals surface area (Å²) in [7, 11) is -1.04. The molecule has 0 spiro atoms. The van der Waals surface area contributed by atoms with Crippen LogP contribution in [-0.4, -0.2) is 62.7 Å². The Balaban J connectivity index is 1.38. The first-order valence-electron chi connectivity index (χ1n) is 15.8. The summed E-state index contributed by atoms with van der Waals surface area (Å²) in [6.45, 7) is 2.40. The quantitative estimate of drug-likeness (QED) is 0.121. The number of amides is 2. The molecule has 0 radical (unpaired) electrons. The van der Waals surface area contributed by atoms with Crippen LogP contribution in [0.1, 0.15) is 76.0 Å². The average Bonchev–Trinajstić information content (AvgIpc) is 3.24. The number of aromatic nitrogens is 1. The molecular weight excluding hydrogens is 559 g/mol. The van der Waals surface area contributed by atoms with Crippen LogP contribution in [0.2, 0.25) is 6.32 Å². The molecule has 2 amide bonds. The van der Waals surface area contributed by atoms with E-state index in [0.717, 1.165) is 35.2 Å². The molecule has 1 aromatic carbocycles. The van der Waals surface area contributed by atoms with E-state index in [1.165, 1.54) is 10.5 Å². The molecule has 3 N–H and O–H groups in total. The number of carbonyl (C=O) groups excluding carboxylic acids is 2. The van der Waals surface area contributed by atoms with Gasteiger partial charge in [0.25, 0.3) is 0 Å². The fraction of sp³-hybridized carbons (Fsp3) is 0.471. The highest BCUT2D eigenvalue weighted by atomic mass is 16.5. The van der Waals surface area contributed by atoms with Gasteiger partial charge in [0.05, 0.1) is 23.6 Å². The van der Waals surface area contributed by atoms with Crippen molar-refractivity contribution in [3.8, 4) is 5.75 Å². The number of phenolic OH excluding ortho intramolecular Hbond substituents is 1. The van der Waals surface area contributed by atoms with Gasteiger partial charge in [-0.3, -0.25) is 24.3 Å². The summed E-state index contributed by atoms with van der Waals surface area (Å²) in [5, 5.41) is 29.5. The number of aliphatic carboxylic acids is 1. The van der Waals surface area contributed by atoms with E-state index in [0.29, 0.717) is 45.1 Å². The molecule has 3 aliphatic rings. The number of unbranched alkanes of at least 4 members (excludes halogenated alkanes) is 2. The topological polar surface area (TPSA) is 137 Å². The van der Waals surface area contributed by atoms with E-state index >= 15 is 0 Å². The number of rotatable bonds is 13. The van der Waals surface area contributed by atoms with E-state index in [1.54, 1.807) is 18.3 Å². The molecule has 10 heteroatoms. The molecule has 2 aromatic rings. The van der Waals surface area contributed by atoms with Crippen LogP contribution in [0.5, 0.6) is 5.75 Å². The van der Waals surface area contributed by atoms with Crippen LogP contribution in [0.15, 0.2) is 59.8 Å². The van der Waals surface area contributed by atoms with Gasteiger partial charge in [-0.2, -0.15) is 0 Å². The number of fused-ring (bicyclic) bond motifs is 3. The van der Waals surface area contributed by atoms with Gasteiger partial charge < -0.3 is 19.9 Å². The molecule has 2 fully saturated rings. The maximum atomic E-state index is 13.8. The molecule has 0 saturated carbocycles. The molecule has 44 heavy (non-hydrogen) atoms. The van der Waals surface area contributed by atoms with Gasteiger partial charge in [0.1, 0.15) is 5.75 Å². The minimum atomic E-state index is -1.04. The normalized spacial score (nSPS) is 23.6. The zero-order valence-electron chi connectivity index (χ0n) is 25.2. The summed E-state index contributed by atoms with van der Waals surface area (Å²) in [6.07, 6.45) is 8.89. The first kappa shape index (κ1) is 31.7. The van der Waals surface area contributed by atoms with Gasteiger partial charge in [-0.05, 0) is 97.8 Å². The van der Waals surface area contributed by atoms with Crippen molar-refractivity contribution in [2.24, 2.45) is 17.8 Å². The van der Waals surface area contributed by atoms with Gasteiger partial charge in [-0.25, -0.2) is 0 Å². The van der Waals surface area contributed by atoms with Crippen molar-refractivity contribution in [3.05, 3.63) is 71.1 Å². The molecule has 2 saturated heterocycles. The number of allylic oxidation sites excluding steroid dienone is 2. The number of carboxylic acids is 1. The molecule has 0 bridgehead atoms. The molecule has 2 aliphatic heterocycles. The second-order valence-electron chi connectivity index (χ2n) is 12.1. The van der Waals surface area contributed by atoms with Crippen LogP contribution < -0.4 is 0 Å². The Morgan fingerprint density at radius 3 is 2.57 bits per heavy atom. The van der Waals surface area contributed by atoms with Crippen LogP contribution in [0.3, 0.4) is 0 Å². The fourth-order valence-electron chi connectivity index (χ4n) is 7.20. The van der Waals surface area contributed by atoms with Crippen LogP contribution >= 0.6 is 0 Å². The third-order valence-corrected chi connectivity index (χ3v) is 9.13. The summed E-state index contributed by atoms with van der Waals surface area (Å²) in [6, 6.07) is 12.7. The molecule has 4 atom stereocenters.